The largest absolute Gasteiger partial charge is 0.497 e. The topological polar surface area (TPSA) is 105 Å². The SMILES string of the molecule is COc1ccc(C(CNC(=O)Cc2c(C)nc3nc(C)[nH]n3c2=O)N2CCCC2)cc1. The lowest BCUT2D eigenvalue weighted by Gasteiger charge is -2.28. The second-order valence-corrected chi connectivity index (χ2v) is 7.94. The number of ether oxygens (including phenoxy) is 1. The Balaban J connectivity index is 1.49. The molecule has 9 nitrogen and oxygen atoms in total. The number of nitrogens with one attached hydrogen (secondary N) is 2. The number of hydrogen-bond donors (Lipinski definition) is 2. The molecule has 1 saturated heterocycles. The molecular weight excluding hydrogens is 396 g/mol. The lowest BCUT2D eigenvalue weighted by atomic mass is 10.0. The van der Waals surface area contributed by atoms with Gasteiger partial charge < -0.3 is 10.1 Å². The molecule has 1 aliphatic rings. The van der Waals surface area contributed by atoms with Crippen molar-refractivity contribution in [3.8, 4) is 5.75 Å². The van der Waals surface area contributed by atoms with Crippen LogP contribution in [0.3, 0.4) is 0 Å². The van der Waals surface area contributed by atoms with Gasteiger partial charge in [0.1, 0.15) is 11.6 Å². The van der Waals surface area contributed by atoms with Gasteiger partial charge in [0.15, 0.2) is 0 Å². The standard InChI is InChI=1S/C22H28N6O3/c1-14-18(21(30)28-22(24-14)25-15(2)26-28)12-20(29)23-13-19(27-10-4-5-11-27)16-6-8-17(31-3)9-7-16/h6-9,19H,4-5,10-13H2,1-3H3,(H,23,29)(H,24,25,26). The van der Waals surface area contributed by atoms with Gasteiger partial charge in [0.25, 0.3) is 11.3 Å². The molecule has 3 heterocycles. The van der Waals surface area contributed by atoms with Gasteiger partial charge in [-0.2, -0.15) is 9.50 Å². The Kier molecular flexibility index (Phi) is 6.03. The first-order chi connectivity index (χ1) is 15.0. The van der Waals surface area contributed by atoms with Gasteiger partial charge in [-0.05, 0) is 57.5 Å². The van der Waals surface area contributed by atoms with E-state index in [0.717, 1.165) is 37.2 Å². The van der Waals surface area contributed by atoms with Crippen LogP contribution < -0.4 is 15.6 Å². The molecule has 4 rings (SSSR count). The van der Waals surface area contributed by atoms with E-state index in [1.54, 1.807) is 21.0 Å². The van der Waals surface area contributed by atoms with Crippen LogP contribution in [0.4, 0.5) is 0 Å². The van der Waals surface area contributed by atoms with Gasteiger partial charge in [-0.25, -0.2) is 4.98 Å². The maximum Gasteiger partial charge on any atom is 0.277 e. The van der Waals surface area contributed by atoms with E-state index in [4.69, 9.17) is 4.74 Å². The molecule has 3 aromatic rings. The molecular formula is C22H28N6O3. The lowest BCUT2D eigenvalue weighted by Crippen LogP contribution is -2.38. The highest BCUT2D eigenvalue weighted by atomic mass is 16.5. The molecule has 0 saturated carbocycles. The van der Waals surface area contributed by atoms with Gasteiger partial charge in [0, 0.05) is 12.1 Å². The second-order valence-electron chi connectivity index (χ2n) is 7.94. The first kappa shape index (κ1) is 21.0. The van der Waals surface area contributed by atoms with Crippen LogP contribution >= 0.6 is 0 Å². The van der Waals surface area contributed by atoms with E-state index in [1.165, 1.54) is 4.52 Å². The number of aromatic amines is 1. The van der Waals surface area contributed by atoms with Crippen molar-refractivity contribution in [2.24, 2.45) is 0 Å². The summed E-state index contributed by atoms with van der Waals surface area (Å²) < 4.78 is 6.55. The summed E-state index contributed by atoms with van der Waals surface area (Å²) in [4.78, 5) is 36.5. The van der Waals surface area contributed by atoms with Gasteiger partial charge in [-0.1, -0.05) is 12.1 Å². The number of carbonyl (C=O) groups is 1. The van der Waals surface area contributed by atoms with Crippen LogP contribution in [0.2, 0.25) is 0 Å². The van der Waals surface area contributed by atoms with E-state index >= 15 is 0 Å². The summed E-state index contributed by atoms with van der Waals surface area (Å²) in [7, 11) is 1.65. The summed E-state index contributed by atoms with van der Waals surface area (Å²) in [5.74, 6) is 1.52. The summed E-state index contributed by atoms with van der Waals surface area (Å²) in [6, 6.07) is 8.05. The minimum Gasteiger partial charge on any atom is -0.497 e. The van der Waals surface area contributed by atoms with Crippen LogP contribution in [0.25, 0.3) is 5.78 Å². The molecule has 9 heteroatoms. The Hall–Kier alpha value is -3.20. The van der Waals surface area contributed by atoms with E-state index in [1.807, 2.05) is 24.3 Å². The molecule has 1 aliphatic heterocycles. The van der Waals surface area contributed by atoms with Crippen LogP contribution in [-0.4, -0.2) is 57.1 Å². The molecule has 2 N–H and O–H groups in total. The Morgan fingerprint density at radius 1 is 1.19 bits per heavy atom. The van der Waals surface area contributed by atoms with Gasteiger partial charge >= 0.3 is 0 Å². The third-order valence-corrected chi connectivity index (χ3v) is 5.82. The molecule has 1 atom stereocenters. The summed E-state index contributed by atoms with van der Waals surface area (Å²) in [6.45, 7) is 5.98. The van der Waals surface area contributed by atoms with Crippen molar-refractivity contribution in [3.05, 3.63) is 57.3 Å². The number of nitrogens with zero attached hydrogens (tertiary/aromatic N) is 4. The van der Waals surface area contributed by atoms with Gasteiger partial charge in [0.05, 0.1) is 25.3 Å². The monoisotopic (exact) mass is 424 g/mol. The molecule has 164 valence electrons. The quantitative estimate of drug-likeness (QED) is 0.596. The molecule has 0 bridgehead atoms. The second kappa shape index (κ2) is 8.89. The molecule has 1 aromatic carbocycles. The van der Waals surface area contributed by atoms with Gasteiger partial charge in [-0.15, -0.1) is 0 Å². The Labute approximate surface area is 180 Å². The molecule has 2 aromatic heterocycles. The minimum absolute atomic E-state index is 0.0198. The van der Waals surface area contributed by atoms with Crippen molar-refractivity contribution in [1.29, 1.82) is 0 Å². The average Bonchev–Trinajstić information content (AvgIpc) is 3.41. The number of likely N-dealkylation sites (tertiary alicyclic amines) is 1. The summed E-state index contributed by atoms with van der Waals surface area (Å²) in [5, 5.41) is 5.90. The molecule has 0 spiro atoms. The summed E-state index contributed by atoms with van der Waals surface area (Å²) in [5.41, 5.74) is 1.75. The van der Waals surface area contributed by atoms with Crippen molar-refractivity contribution in [3.63, 3.8) is 0 Å². The smallest absolute Gasteiger partial charge is 0.277 e. The van der Waals surface area contributed by atoms with Gasteiger partial charge in [-0.3, -0.25) is 19.6 Å². The lowest BCUT2D eigenvalue weighted by molar-refractivity contribution is -0.120. The predicted octanol–water partition coefficient (Wildman–Crippen LogP) is 1.54. The van der Waals surface area contributed by atoms with Crippen molar-refractivity contribution >= 4 is 11.7 Å². The molecule has 1 amide bonds. The molecule has 1 unspecified atom stereocenters. The number of rotatable bonds is 7. The zero-order valence-electron chi connectivity index (χ0n) is 18.1. The fraction of sp³-hybridized carbons (Fsp3) is 0.455. The zero-order chi connectivity index (χ0) is 22.0. The first-order valence-electron chi connectivity index (χ1n) is 10.6. The summed E-state index contributed by atoms with van der Waals surface area (Å²) >= 11 is 0. The normalized spacial score (nSPS) is 15.3. The van der Waals surface area contributed by atoms with Crippen molar-refractivity contribution in [2.45, 2.75) is 39.2 Å². The highest BCUT2D eigenvalue weighted by Gasteiger charge is 2.24. The Morgan fingerprint density at radius 3 is 2.58 bits per heavy atom. The third kappa shape index (κ3) is 4.46. The van der Waals surface area contributed by atoms with Crippen LogP contribution in [0, 0.1) is 13.8 Å². The van der Waals surface area contributed by atoms with Crippen molar-refractivity contribution in [1.82, 2.24) is 29.8 Å². The highest BCUT2D eigenvalue weighted by Crippen LogP contribution is 2.26. The first-order valence-corrected chi connectivity index (χ1v) is 10.6. The number of amides is 1. The fourth-order valence-electron chi connectivity index (χ4n) is 4.13. The van der Waals surface area contributed by atoms with E-state index in [-0.39, 0.29) is 23.9 Å². The van der Waals surface area contributed by atoms with Crippen LogP contribution in [0.15, 0.2) is 29.1 Å². The number of H-pyrrole nitrogens is 1. The average molecular weight is 425 g/mol. The van der Waals surface area contributed by atoms with Crippen LogP contribution in [0.5, 0.6) is 5.75 Å². The van der Waals surface area contributed by atoms with Crippen molar-refractivity contribution in [2.75, 3.05) is 26.7 Å². The number of hydrogen-bond acceptors (Lipinski definition) is 6. The maximum absolute atomic E-state index is 12.8. The third-order valence-electron chi connectivity index (χ3n) is 5.82. The van der Waals surface area contributed by atoms with E-state index < -0.39 is 0 Å². The molecule has 31 heavy (non-hydrogen) atoms. The van der Waals surface area contributed by atoms with Crippen LogP contribution in [-0.2, 0) is 11.2 Å². The minimum atomic E-state index is -0.288. The van der Waals surface area contributed by atoms with Crippen LogP contribution in [0.1, 0.15) is 41.5 Å². The predicted molar refractivity (Wildman–Crippen MR) is 116 cm³/mol. The summed E-state index contributed by atoms with van der Waals surface area (Å²) in [6.07, 6.45) is 2.30. The highest BCUT2D eigenvalue weighted by molar-refractivity contribution is 5.78. The Morgan fingerprint density at radius 2 is 1.90 bits per heavy atom. The molecule has 0 aliphatic carbocycles. The van der Waals surface area contributed by atoms with E-state index in [2.05, 4.69) is 25.3 Å². The zero-order valence-corrected chi connectivity index (χ0v) is 18.1. The number of benzene rings is 1. The van der Waals surface area contributed by atoms with Gasteiger partial charge in [0.2, 0.25) is 5.91 Å². The van der Waals surface area contributed by atoms with E-state index in [0.29, 0.717) is 29.4 Å². The fourth-order valence-corrected chi connectivity index (χ4v) is 4.13. The molecule has 0 radical (unpaired) electrons. The number of aromatic nitrogens is 4. The number of aryl methyl sites for hydroxylation is 2. The van der Waals surface area contributed by atoms with E-state index in [9.17, 15) is 9.59 Å². The number of carbonyl (C=O) groups excluding carboxylic acids is 1. The number of methoxy groups -OCH3 is 1. The van der Waals surface area contributed by atoms with Crippen molar-refractivity contribution < 1.29 is 9.53 Å². The Bertz CT molecular complexity index is 1130. The number of fused-ring (bicyclic) bond motifs is 1. The molecule has 1 fully saturated rings. The maximum atomic E-state index is 12.8.